The van der Waals surface area contributed by atoms with E-state index < -0.39 is 9.04 Å². The first-order valence-corrected chi connectivity index (χ1v) is 14.8. The van der Waals surface area contributed by atoms with Crippen LogP contribution in [0.1, 0.15) is 111 Å². The van der Waals surface area contributed by atoms with Crippen molar-refractivity contribution in [3.8, 4) is 0 Å². The third-order valence-electron chi connectivity index (χ3n) is 4.32. The third kappa shape index (κ3) is 28.7. The summed E-state index contributed by atoms with van der Waals surface area (Å²) in [5, 5.41) is 0. The van der Waals surface area contributed by atoms with Gasteiger partial charge in [-0.2, -0.15) is 0 Å². The van der Waals surface area contributed by atoms with E-state index in [0.717, 1.165) is 16.9 Å². The van der Waals surface area contributed by atoms with Gasteiger partial charge in [-0.05, 0) is 33.4 Å². The zero-order valence-corrected chi connectivity index (χ0v) is 21.9. The van der Waals surface area contributed by atoms with Crippen molar-refractivity contribution in [1.82, 2.24) is 0 Å². The van der Waals surface area contributed by atoms with Gasteiger partial charge in [0.15, 0.2) is 9.04 Å². The number of carbonyl (C=O) groups excluding carboxylic acids is 1. The van der Waals surface area contributed by atoms with Gasteiger partial charge < -0.3 is 8.85 Å². The van der Waals surface area contributed by atoms with Gasteiger partial charge in [-0.25, -0.2) is 0 Å². The summed E-state index contributed by atoms with van der Waals surface area (Å²) in [4.78, 5) is 11.3. The van der Waals surface area contributed by atoms with Crippen molar-refractivity contribution < 1.29 is 13.6 Å². The Bertz CT molecular complexity index is 284. The van der Waals surface area contributed by atoms with Gasteiger partial charge in [0.25, 0.3) is 0 Å². The Balaban J connectivity index is 0. The molecule has 0 aromatic carbocycles. The second-order valence-electron chi connectivity index (χ2n) is 7.82. The number of ether oxygens (including phenoxy) is 1. The molecule has 5 heteroatoms. The van der Waals surface area contributed by atoms with E-state index >= 15 is 0 Å². The van der Waals surface area contributed by atoms with Crippen LogP contribution < -0.4 is 0 Å². The van der Waals surface area contributed by atoms with E-state index in [2.05, 4.69) is 20.0 Å². The molecule has 158 valence electrons. The Morgan fingerprint density at radius 2 is 1.15 bits per heavy atom. The van der Waals surface area contributed by atoms with Gasteiger partial charge in [0.05, 0.1) is 6.10 Å². The van der Waals surface area contributed by atoms with Crippen molar-refractivity contribution in [1.29, 1.82) is 0 Å². The molecule has 3 nitrogen and oxygen atoms in total. The summed E-state index contributed by atoms with van der Waals surface area (Å²) < 4.78 is 10.1. The van der Waals surface area contributed by atoms with Crippen molar-refractivity contribution in [2.45, 2.75) is 130 Å². The molecule has 0 saturated carbocycles. The average molecular weight is 405 g/mol. The monoisotopic (exact) mass is 404 g/mol. The molecule has 0 fully saturated rings. The smallest absolute Gasteiger partial charge is 0.306 e. The van der Waals surface area contributed by atoms with Crippen molar-refractivity contribution >= 4 is 25.5 Å². The topological polar surface area (TPSA) is 35.5 Å². The second kappa shape index (κ2) is 22.9. The SMILES string of the molecule is CCCCCCCCCCCCCCCC(=O)OC(C)C.C[SiH](C)O[SiH3]. The van der Waals surface area contributed by atoms with Gasteiger partial charge in [0.2, 0.25) is 0 Å². The van der Waals surface area contributed by atoms with Crippen molar-refractivity contribution in [3.63, 3.8) is 0 Å². The van der Waals surface area contributed by atoms with Crippen molar-refractivity contribution in [2.24, 2.45) is 0 Å². The Labute approximate surface area is 169 Å². The number of unbranched alkanes of at least 4 members (excludes halogenated alkanes) is 12. The van der Waals surface area contributed by atoms with Crippen LogP contribution in [-0.4, -0.2) is 31.6 Å². The van der Waals surface area contributed by atoms with Gasteiger partial charge in [0, 0.05) is 6.42 Å². The highest BCUT2D eigenvalue weighted by Crippen LogP contribution is 2.13. The van der Waals surface area contributed by atoms with E-state index in [1.54, 1.807) is 0 Å². The lowest BCUT2D eigenvalue weighted by molar-refractivity contribution is -0.147. The van der Waals surface area contributed by atoms with Crippen molar-refractivity contribution in [3.05, 3.63) is 0 Å². The Kier molecular flexibility index (Phi) is 24.7. The molecule has 0 amide bonds. The second-order valence-corrected chi connectivity index (χ2v) is 11.8. The molecular weight excluding hydrogens is 356 g/mol. The minimum absolute atomic E-state index is 0.0273. The molecule has 0 aromatic rings. The third-order valence-corrected chi connectivity index (χ3v) is 8.09. The molecule has 0 aliphatic heterocycles. The molecule has 0 bridgehead atoms. The normalized spacial score (nSPS) is 10.9. The summed E-state index contributed by atoms with van der Waals surface area (Å²) in [5.41, 5.74) is 0. The molecule has 0 heterocycles. The van der Waals surface area contributed by atoms with E-state index in [4.69, 9.17) is 8.85 Å². The molecule has 0 rings (SSSR count). The van der Waals surface area contributed by atoms with Crippen LogP contribution in [0.5, 0.6) is 0 Å². The number of carbonyl (C=O) groups is 1. The first-order valence-electron chi connectivity index (χ1n) is 11.2. The molecule has 0 radical (unpaired) electrons. The van der Waals surface area contributed by atoms with Crippen LogP contribution >= 0.6 is 0 Å². The van der Waals surface area contributed by atoms with E-state index in [0.29, 0.717) is 6.42 Å². The van der Waals surface area contributed by atoms with Gasteiger partial charge >= 0.3 is 5.97 Å². The molecule has 26 heavy (non-hydrogen) atoms. The maximum Gasteiger partial charge on any atom is 0.306 e. The summed E-state index contributed by atoms with van der Waals surface area (Å²) in [5.74, 6) is -0.0342. The van der Waals surface area contributed by atoms with Crippen LogP contribution in [-0.2, 0) is 13.6 Å². The fraction of sp³-hybridized carbons (Fsp3) is 0.952. The number of hydrogen-bond acceptors (Lipinski definition) is 3. The van der Waals surface area contributed by atoms with Crippen molar-refractivity contribution in [2.75, 3.05) is 0 Å². The van der Waals surface area contributed by atoms with E-state index in [-0.39, 0.29) is 12.1 Å². The highest BCUT2D eigenvalue weighted by molar-refractivity contribution is 6.52. The molecule has 0 aliphatic rings. The lowest BCUT2D eigenvalue weighted by atomic mass is 10.0. The summed E-state index contributed by atoms with van der Waals surface area (Å²) in [6.07, 6.45) is 18.0. The fourth-order valence-electron chi connectivity index (χ4n) is 2.61. The fourth-order valence-corrected chi connectivity index (χ4v) is 2.61. The molecule has 0 N–H and O–H groups in total. The average Bonchev–Trinajstić information content (AvgIpc) is 2.58. The lowest BCUT2D eigenvalue weighted by Crippen LogP contribution is -2.10. The van der Waals surface area contributed by atoms with E-state index in [9.17, 15) is 4.79 Å². The van der Waals surface area contributed by atoms with Crippen LogP contribution in [0.15, 0.2) is 0 Å². The van der Waals surface area contributed by atoms with Gasteiger partial charge in [0.1, 0.15) is 10.5 Å². The highest BCUT2D eigenvalue weighted by atomic mass is 28.3. The molecule has 0 spiro atoms. The molecule has 0 atom stereocenters. The summed E-state index contributed by atoms with van der Waals surface area (Å²) in [6, 6.07) is 0. The maximum atomic E-state index is 11.3. The predicted octanol–water partition coefficient (Wildman–Crippen LogP) is 5.69. The highest BCUT2D eigenvalue weighted by Gasteiger charge is 2.04. The van der Waals surface area contributed by atoms with E-state index in [1.165, 1.54) is 77.0 Å². The van der Waals surface area contributed by atoms with Crippen LogP contribution in [0, 0.1) is 0 Å². The molecule has 0 unspecified atom stereocenters. The van der Waals surface area contributed by atoms with Crippen LogP contribution in [0.25, 0.3) is 0 Å². The number of hydrogen-bond donors (Lipinski definition) is 0. The Morgan fingerprint density at radius 1 is 0.808 bits per heavy atom. The maximum absolute atomic E-state index is 11.3. The van der Waals surface area contributed by atoms with Gasteiger partial charge in [-0.15, -0.1) is 0 Å². The van der Waals surface area contributed by atoms with Crippen LogP contribution in [0.2, 0.25) is 13.1 Å². The Morgan fingerprint density at radius 3 is 1.46 bits per heavy atom. The minimum atomic E-state index is -0.588. The summed E-state index contributed by atoms with van der Waals surface area (Å²) in [6.45, 7) is 10.4. The van der Waals surface area contributed by atoms with Crippen LogP contribution in [0.4, 0.5) is 0 Å². The standard InChI is InChI=1S/C19H38O2.C2H10OSi2/c1-4-5-6-7-8-9-10-11-12-13-14-15-16-17-19(20)21-18(2)3;1-5(2)3-4/h18H,4-17H2,1-3H3;5H,1-2,4H3. The zero-order valence-electron chi connectivity index (χ0n) is 18.8. The quantitative estimate of drug-likeness (QED) is 0.188. The molecular formula is C21H48O3Si2. The van der Waals surface area contributed by atoms with E-state index in [1.807, 2.05) is 13.8 Å². The summed E-state index contributed by atoms with van der Waals surface area (Å²) in [7, 11) is 0.347. The lowest BCUT2D eigenvalue weighted by Gasteiger charge is -2.07. The summed E-state index contributed by atoms with van der Waals surface area (Å²) >= 11 is 0. The van der Waals surface area contributed by atoms with Crippen LogP contribution in [0.3, 0.4) is 0 Å². The molecule has 0 aliphatic carbocycles. The Hall–Kier alpha value is -0.136. The zero-order chi connectivity index (χ0) is 20.0. The minimum Gasteiger partial charge on any atom is -0.466 e. The van der Waals surface area contributed by atoms with Gasteiger partial charge in [-0.3, -0.25) is 4.79 Å². The molecule has 0 aromatic heterocycles. The first-order chi connectivity index (χ1) is 12.4. The number of rotatable bonds is 16. The molecule has 0 saturated heterocycles. The predicted molar refractivity (Wildman–Crippen MR) is 121 cm³/mol. The number of esters is 1. The largest absolute Gasteiger partial charge is 0.466 e. The van der Waals surface area contributed by atoms with Gasteiger partial charge in [-0.1, -0.05) is 84.0 Å². The first kappa shape index (κ1) is 28.1.